The molecule has 0 aliphatic heterocycles. The highest BCUT2D eigenvalue weighted by Gasteiger charge is 2.15. The molecule has 4 heteroatoms. The fraction of sp³-hybridized carbons (Fsp3) is 0.533. The van der Waals surface area contributed by atoms with Crippen LogP contribution in [0.25, 0.3) is 0 Å². The Kier molecular flexibility index (Phi) is 5.91. The van der Waals surface area contributed by atoms with Crippen molar-refractivity contribution in [3.05, 3.63) is 35.4 Å². The first-order chi connectivity index (χ1) is 8.94. The van der Waals surface area contributed by atoms with Gasteiger partial charge in [0.25, 0.3) is 0 Å². The number of nitriles is 1. The van der Waals surface area contributed by atoms with Gasteiger partial charge in [0, 0.05) is 18.2 Å². The summed E-state index contributed by atoms with van der Waals surface area (Å²) in [6.07, 6.45) is 2.75. The van der Waals surface area contributed by atoms with Gasteiger partial charge in [-0.2, -0.15) is 5.26 Å². The summed E-state index contributed by atoms with van der Waals surface area (Å²) in [5.74, 6) is -1.07. The van der Waals surface area contributed by atoms with Gasteiger partial charge in [-0.1, -0.05) is 12.5 Å². The minimum absolute atomic E-state index is 0.275. The molecule has 0 aromatic heterocycles. The Balaban J connectivity index is 2.20. The van der Waals surface area contributed by atoms with Crippen molar-refractivity contribution in [2.45, 2.75) is 39.7 Å². The normalized spacial score (nSPS) is 11.3. The van der Waals surface area contributed by atoms with Crippen LogP contribution in [0.1, 0.15) is 38.7 Å². The quantitative estimate of drug-likeness (QED) is 0.762. The Hall–Kier alpha value is -1.47. The van der Waals surface area contributed by atoms with Crippen molar-refractivity contribution >= 4 is 0 Å². The molecule has 0 saturated heterocycles. The van der Waals surface area contributed by atoms with Gasteiger partial charge >= 0.3 is 0 Å². The number of rotatable bonds is 7. The van der Waals surface area contributed by atoms with Crippen LogP contribution < -0.4 is 5.32 Å². The summed E-state index contributed by atoms with van der Waals surface area (Å²) in [5, 5.41) is 12.0. The molecule has 0 unspecified atom stereocenters. The lowest BCUT2D eigenvalue weighted by Crippen LogP contribution is -2.16. The van der Waals surface area contributed by atoms with Crippen LogP contribution in [0, 0.1) is 28.4 Å². The van der Waals surface area contributed by atoms with Crippen LogP contribution in [0.15, 0.2) is 18.2 Å². The predicted molar refractivity (Wildman–Crippen MR) is 71.3 cm³/mol. The molecular formula is C15H20F2N2. The molecule has 0 heterocycles. The highest BCUT2D eigenvalue weighted by Crippen LogP contribution is 2.21. The average molecular weight is 266 g/mol. The van der Waals surface area contributed by atoms with Crippen LogP contribution in [0.3, 0.4) is 0 Å². The molecule has 0 amide bonds. The van der Waals surface area contributed by atoms with Gasteiger partial charge in [0.05, 0.1) is 11.5 Å². The van der Waals surface area contributed by atoms with Crippen molar-refractivity contribution in [2.75, 3.05) is 6.54 Å². The minimum atomic E-state index is -0.556. The summed E-state index contributed by atoms with van der Waals surface area (Å²) in [6.45, 7) is 5.01. The average Bonchev–Trinajstić information content (AvgIpc) is 2.35. The van der Waals surface area contributed by atoms with E-state index >= 15 is 0 Å². The molecule has 1 rings (SSSR count). The van der Waals surface area contributed by atoms with E-state index in [9.17, 15) is 8.78 Å². The Bertz CT molecular complexity index is 450. The number of nitrogens with zero attached hydrogens (tertiary/aromatic N) is 1. The minimum Gasteiger partial charge on any atom is -0.313 e. The van der Waals surface area contributed by atoms with Crippen LogP contribution in [-0.4, -0.2) is 6.54 Å². The molecule has 0 atom stereocenters. The van der Waals surface area contributed by atoms with Gasteiger partial charge in [-0.15, -0.1) is 0 Å². The van der Waals surface area contributed by atoms with E-state index in [0.29, 0.717) is 12.1 Å². The third kappa shape index (κ3) is 5.80. The van der Waals surface area contributed by atoms with E-state index in [4.69, 9.17) is 5.26 Å². The maximum absolute atomic E-state index is 13.3. The molecule has 0 spiro atoms. The Labute approximate surface area is 113 Å². The zero-order chi connectivity index (χ0) is 14.3. The lowest BCUT2D eigenvalue weighted by molar-refractivity contribution is 0.422. The van der Waals surface area contributed by atoms with E-state index in [1.807, 2.05) is 13.8 Å². The van der Waals surface area contributed by atoms with Gasteiger partial charge in [0.2, 0.25) is 0 Å². The molecule has 2 nitrogen and oxygen atoms in total. The topological polar surface area (TPSA) is 35.8 Å². The Morgan fingerprint density at radius 1 is 1.26 bits per heavy atom. The number of nitrogens with one attached hydrogen (secondary N) is 1. The Morgan fingerprint density at radius 3 is 2.63 bits per heavy atom. The SMILES string of the molecule is CC(C)(C#N)CCCCNCc1ccc(F)cc1F. The summed E-state index contributed by atoms with van der Waals surface area (Å²) < 4.78 is 26.0. The summed E-state index contributed by atoms with van der Waals surface area (Å²) in [4.78, 5) is 0. The number of halogens is 2. The predicted octanol–water partition coefficient (Wildman–Crippen LogP) is 3.77. The first kappa shape index (κ1) is 15.6. The maximum Gasteiger partial charge on any atom is 0.130 e. The highest BCUT2D eigenvalue weighted by molar-refractivity contribution is 5.18. The van der Waals surface area contributed by atoms with Crippen molar-refractivity contribution in [3.8, 4) is 6.07 Å². The van der Waals surface area contributed by atoms with E-state index < -0.39 is 11.6 Å². The smallest absolute Gasteiger partial charge is 0.130 e. The van der Waals surface area contributed by atoms with Crippen molar-refractivity contribution in [3.63, 3.8) is 0 Å². The third-order valence-electron chi connectivity index (χ3n) is 3.04. The molecule has 104 valence electrons. The molecular weight excluding hydrogens is 246 g/mol. The van der Waals surface area contributed by atoms with Crippen LogP contribution in [0.2, 0.25) is 0 Å². The van der Waals surface area contributed by atoms with Crippen molar-refractivity contribution in [2.24, 2.45) is 5.41 Å². The molecule has 0 fully saturated rings. The fourth-order valence-electron chi connectivity index (χ4n) is 1.76. The number of hydrogen-bond donors (Lipinski definition) is 1. The standard InChI is InChI=1S/C15H20F2N2/c1-15(2,11-18)7-3-4-8-19-10-12-5-6-13(16)9-14(12)17/h5-6,9,19H,3-4,7-8,10H2,1-2H3. The zero-order valence-electron chi connectivity index (χ0n) is 11.5. The summed E-state index contributed by atoms with van der Waals surface area (Å²) >= 11 is 0. The van der Waals surface area contributed by atoms with E-state index in [-0.39, 0.29) is 5.41 Å². The summed E-state index contributed by atoms with van der Waals surface area (Å²) in [5.41, 5.74) is 0.196. The first-order valence-electron chi connectivity index (χ1n) is 6.50. The van der Waals surface area contributed by atoms with Gasteiger partial charge in [-0.25, -0.2) is 8.78 Å². The molecule has 0 aliphatic carbocycles. The second-order valence-corrected chi connectivity index (χ2v) is 5.37. The van der Waals surface area contributed by atoms with Crippen LogP contribution in [0.5, 0.6) is 0 Å². The van der Waals surface area contributed by atoms with Crippen molar-refractivity contribution < 1.29 is 8.78 Å². The molecule has 0 aliphatic rings. The first-order valence-corrected chi connectivity index (χ1v) is 6.50. The molecule has 1 N–H and O–H groups in total. The molecule has 1 aromatic rings. The molecule has 19 heavy (non-hydrogen) atoms. The molecule has 0 saturated carbocycles. The van der Waals surface area contributed by atoms with Gasteiger partial charge in [-0.3, -0.25) is 0 Å². The van der Waals surface area contributed by atoms with Crippen molar-refractivity contribution in [1.82, 2.24) is 5.32 Å². The lowest BCUT2D eigenvalue weighted by Gasteiger charge is -2.14. The Morgan fingerprint density at radius 2 is 2.00 bits per heavy atom. The lowest BCUT2D eigenvalue weighted by atomic mass is 9.89. The second-order valence-electron chi connectivity index (χ2n) is 5.37. The van der Waals surface area contributed by atoms with E-state index in [1.165, 1.54) is 12.1 Å². The van der Waals surface area contributed by atoms with Crippen LogP contribution in [0.4, 0.5) is 8.78 Å². The largest absolute Gasteiger partial charge is 0.313 e. The fourth-order valence-corrected chi connectivity index (χ4v) is 1.76. The van der Waals surface area contributed by atoms with Crippen molar-refractivity contribution in [1.29, 1.82) is 5.26 Å². The van der Waals surface area contributed by atoms with Gasteiger partial charge < -0.3 is 5.32 Å². The van der Waals surface area contributed by atoms with E-state index in [0.717, 1.165) is 31.9 Å². The van der Waals surface area contributed by atoms with E-state index in [1.54, 1.807) is 0 Å². The molecule has 1 aromatic carbocycles. The number of benzene rings is 1. The van der Waals surface area contributed by atoms with E-state index in [2.05, 4.69) is 11.4 Å². The second kappa shape index (κ2) is 7.20. The molecule has 0 bridgehead atoms. The molecule has 0 radical (unpaired) electrons. The number of hydrogen-bond acceptors (Lipinski definition) is 2. The third-order valence-corrected chi connectivity index (χ3v) is 3.04. The summed E-state index contributed by atoms with van der Waals surface area (Å²) in [6, 6.07) is 5.87. The summed E-state index contributed by atoms with van der Waals surface area (Å²) in [7, 11) is 0. The van der Waals surface area contributed by atoms with Gasteiger partial charge in [0.15, 0.2) is 0 Å². The van der Waals surface area contributed by atoms with Crippen LogP contribution in [-0.2, 0) is 6.54 Å². The highest BCUT2D eigenvalue weighted by atomic mass is 19.1. The zero-order valence-corrected chi connectivity index (χ0v) is 11.5. The monoisotopic (exact) mass is 266 g/mol. The maximum atomic E-state index is 13.3. The number of unbranched alkanes of at least 4 members (excludes halogenated alkanes) is 1. The van der Waals surface area contributed by atoms with Gasteiger partial charge in [-0.05, 0) is 39.3 Å². The van der Waals surface area contributed by atoms with Gasteiger partial charge in [0.1, 0.15) is 11.6 Å². The van der Waals surface area contributed by atoms with Crippen LogP contribution >= 0.6 is 0 Å².